The lowest BCUT2D eigenvalue weighted by Gasteiger charge is -1.99. The zero-order chi connectivity index (χ0) is 10.8. The van der Waals surface area contributed by atoms with Crippen molar-refractivity contribution in [2.24, 2.45) is 7.05 Å². The Kier molecular flexibility index (Phi) is 3.02. The van der Waals surface area contributed by atoms with Crippen LogP contribution in [0.1, 0.15) is 0 Å². The molecule has 78 valence electrons. The van der Waals surface area contributed by atoms with Gasteiger partial charge in [-0.3, -0.25) is 4.68 Å². The number of nitrogens with two attached hydrogens (primary N) is 1. The molecule has 0 aliphatic heterocycles. The van der Waals surface area contributed by atoms with Crippen molar-refractivity contribution in [1.29, 1.82) is 0 Å². The molecule has 1 aromatic carbocycles. The van der Waals surface area contributed by atoms with Crippen LogP contribution >= 0.6 is 27.7 Å². The molecule has 0 aliphatic carbocycles. The highest BCUT2D eigenvalue weighted by Crippen LogP contribution is 2.31. The van der Waals surface area contributed by atoms with Crippen LogP contribution in [0.15, 0.2) is 44.9 Å². The summed E-state index contributed by atoms with van der Waals surface area (Å²) in [6, 6.07) is 8.06. The average Bonchev–Trinajstić information content (AvgIpc) is 2.45. The van der Waals surface area contributed by atoms with Gasteiger partial charge in [-0.15, -0.1) is 0 Å². The van der Waals surface area contributed by atoms with Crippen LogP contribution in [0.2, 0.25) is 0 Å². The summed E-state index contributed by atoms with van der Waals surface area (Å²) in [6.07, 6.45) is 1.81. The highest BCUT2D eigenvalue weighted by molar-refractivity contribution is 9.10. The van der Waals surface area contributed by atoms with Crippen molar-refractivity contribution in [3.8, 4) is 0 Å². The predicted octanol–water partition coefficient (Wildman–Crippen LogP) is 2.92. The molecular weight excluding hydrogens is 274 g/mol. The van der Waals surface area contributed by atoms with E-state index in [0.717, 1.165) is 14.4 Å². The first-order valence-corrected chi connectivity index (χ1v) is 5.98. The molecule has 0 atom stereocenters. The molecule has 0 bridgehead atoms. The minimum absolute atomic E-state index is 0.711. The first-order chi connectivity index (χ1) is 7.15. The standard InChI is InChI=1S/C10H10BrN3S/c1-14-6-9(12)10(13-14)15-8-4-2-3-7(11)5-8/h2-6H,12H2,1H3. The van der Waals surface area contributed by atoms with Crippen LogP contribution in [0.3, 0.4) is 0 Å². The third-order valence-corrected chi connectivity index (χ3v) is 3.33. The minimum atomic E-state index is 0.711. The summed E-state index contributed by atoms with van der Waals surface area (Å²) in [7, 11) is 1.86. The van der Waals surface area contributed by atoms with Crippen molar-refractivity contribution in [1.82, 2.24) is 9.78 Å². The number of hydrogen-bond acceptors (Lipinski definition) is 3. The molecule has 5 heteroatoms. The molecule has 0 spiro atoms. The number of anilines is 1. The fourth-order valence-electron chi connectivity index (χ4n) is 1.21. The number of nitrogen functional groups attached to an aromatic ring is 1. The molecule has 0 radical (unpaired) electrons. The van der Waals surface area contributed by atoms with Crippen LogP contribution in [0, 0.1) is 0 Å². The summed E-state index contributed by atoms with van der Waals surface area (Å²) in [5.74, 6) is 0. The van der Waals surface area contributed by atoms with Crippen LogP contribution in [0.5, 0.6) is 0 Å². The number of hydrogen-bond donors (Lipinski definition) is 1. The Labute approximate surface area is 101 Å². The van der Waals surface area contributed by atoms with Gasteiger partial charge in [-0.1, -0.05) is 33.8 Å². The van der Waals surface area contributed by atoms with Gasteiger partial charge in [0.1, 0.15) is 5.03 Å². The van der Waals surface area contributed by atoms with Gasteiger partial charge in [0.2, 0.25) is 0 Å². The monoisotopic (exact) mass is 283 g/mol. The van der Waals surface area contributed by atoms with E-state index in [2.05, 4.69) is 21.0 Å². The zero-order valence-corrected chi connectivity index (χ0v) is 10.5. The van der Waals surface area contributed by atoms with Crippen LogP contribution in [-0.2, 0) is 7.05 Å². The maximum absolute atomic E-state index is 5.81. The van der Waals surface area contributed by atoms with E-state index in [0.29, 0.717) is 5.69 Å². The summed E-state index contributed by atoms with van der Waals surface area (Å²) in [6.45, 7) is 0. The van der Waals surface area contributed by atoms with E-state index in [9.17, 15) is 0 Å². The lowest BCUT2D eigenvalue weighted by Crippen LogP contribution is -1.86. The van der Waals surface area contributed by atoms with Crippen molar-refractivity contribution < 1.29 is 0 Å². The number of halogens is 1. The molecule has 0 amide bonds. The van der Waals surface area contributed by atoms with Crippen molar-refractivity contribution in [3.63, 3.8) is 0 Å². The van der Waals surface area contributed by atoms with Gasteiger partial charge in [0, 0.05) is 22.6 Å². The van der Waals surface area contributed by atoms with Crippen LogP contribution in [-0.4, -0.2) is 9.78 Å². The molecule has 1 heterocycles. The van der Waals surface area contributed by atoms with Crippen molar-refractivity contribution in [2.75, 3.05) is 5.73 Å². The maximum atomic E-state index is 5.81. The van der Waals surface area contributed by atoms with Gasteiger partial charge >= 0.3 is 0 Å². The molecule has 0 saturated heterocycles. The Morgan fingerprint density at radius 3 is 2.87 bits per heavy atom. The highest BCUT2D eigenvalue weighted by Gasteiger charge is 2.06. The van der Waals surface area contributed by atoms with E-state index in [-0.39, 0.29) is 0 Å². The summed E-state index contributed by atoms with van der Waals surface area (Å²) in [4.78, 5) is 1.12. The quantitative estimate of drug-likeness (QED) is 0.922. The highest BCUT2D eigenvalue weighted by atomic mass is 79.9. The van der Waals surface area contributed by atoms with Gasteiger partial charge in [-0.05, 0) is 18.2 Å². The zero-order valence-electron chi connectivity index (χ0n) is 8.14. The number of aryl methyl sites for hydroxylation is 1. The topological polar surface area (TPSA) is 43.8 Å². The van der Waals surface area contributed by atoms with Gasteiger partial charge in [0.25, 0.3) is 0 Å². The summed E-state index contributed by atoms with van der Waals surface area (Å²) >= 11 is 4.99. The fourth-order valence-corrected chi connectivity index (χ4v) is 2.65. The largest absolute Gasteiger partial charge is 0.395 e. The SMILES string of the molecule is Cn1cc(N)c(Sc2cccc(Br)c2)n1. The Hall–Kier alpha value is -0.940. The number of rotatable bonds is 2. The molecule has 0 aliphatic rings. The van der Waals surface area contributed by atoms with E-state index in [1.54, 1.807) is 22.6 Å². The van der Waals surface area contributed by atoms with E-state index < -0.39 is 0 Å². The van der Waals surface area contributed by atoms with Crippen LogP contribution < -0.4 is 5.73 Å². The van der Waals surface area contributed by atoms with Gasteiger partial charge in [-0.2, -0.15) is 5.10 Å². The second-order valence-corrected chi connectivity index (χ2v) is 5.10. The fraction of sp³-hybridized carbons (Fsp3) is 0.100. The first kappa shape index (κ1) is 10.6. The van der Waals surface area contributed by atoms with E-state index in [1.807, 2.05) is 31.3 Å². The molecule has 2 N–H and O–H groups in total. The normalized spacial score (nSPS) is 10.5. The third kappa shape index (κ3) is 2.54. The van der Waals surface area contributed by atoms with Crippen molar-refractivity contribution in [2.45, 2.75) is 9.92 Å². The van der Waals surface area contributed by atoms with Gasteiger partial charge in [-0.25, -0.2) is 0 Å². The molecule has 2 aromatic rings. The molecular formula is C10H10BrN3S. The predicted molar refractivity (Wildman–Crippen MR) is 65.9 cm³/mol. The van der Waals surface area contributed by atoms with Crippen molar-refractivity contribution >= 4 is 33.4 Å². The Morgan fingerprint density at radius 1 is 1.47 bits per heavy atom. The number of nitrogens with zero attached hydrogens (tertiary/aromatic N) is 2. The molecule has 0 fully saturated rings. The summed E-state index contributed by atoms with van der Waals surface area (Å²) in [5.41, 5.74) is 6.52. The first-order valence-electron chi connectivity index (χ1n) is 4.37. The summed E-state index contributed by atoms with van der Waals surface area (Å²) < 4.78 is 2.78. The molecule has 1 aromatic heterocycles. The lowest BCUT2D eigenvalue weighted by molar-refractivity contribution is 0.738. The minimum Gasteiger partial charge on any atom is -0.395 e. The van der Waals surface area contributed by atoms with E-state index in [4.69, 9.17) is 5.73 Å². The van der Waals surface area contributed by atoms with E-state index >= 15 is 0 Å². The molecule has 0 unspecified atom stereocenters. The molecule has 3 nitrogen and oxygen atoms in total. The van der Waals surface area contributed by atoms with Gasteiger partial charge < -0.3 is 5.73 Å². The van der Waals surface area contributed by atoms with Gasteiger partial charge in [0.15, 0.2) is 0 Å². The van der Waals surface area contributed by atoms with Crippen LogP contribution in [0.4, 0.5) is 5.69 Å². The van der Waals surface area contributed by atoms with Gasteiger partial charge in [0.05, 0.1) is 5.69 Å². The summed E-state index contributed by atoms with van der Waals surface area (Å²) in [5, 5.41) is 5.12. The van der Waals surface area contributed by atoms with Crippen LogP contribution in [0.25, 0.3) is 0 Å². The Balaban J connectivity index is 2.25. The van der Waals surface area contributed by atoms with E-state index in [1.165, 1.54) is 0 Å². The molecule has 0 saturated carbocycles. The van der Waals surface area contributed by atoms with Crippen molar-refractivity contribution in [3.05, 3.63) is 34.9 Å². The second kappa shape index (κ2) is 4.28. The smallest absolute Gasteiger partial charge is 0.146 e. The average molecular weight is 284 g/mol. The molecule has 2 rings (SSSR count). The number of benzene rings is 1. The third-order valence-electron chi connectivity index (χ3n) is 1.83. The lowest BCUT2D eigenvalue weighted by atomic mass is 10.4. The molecule has 15 heavy (non-hydrogen) atoms. The number of aromatic nitrogens is 2. The second-order valence-electron chi connectivity index (χ2n) is 3.12. The Bertz CT molecular complexity index is 481. The Morgan fingerprint density at radius 2 is 2.27 bits per heavy atom. The maximum Gasteiger partial charge on any atom is 0.146 e.